The molecule has 2 rings (SSSR count). The van der Waals surface area contributed by atoms with E-state index in [0.29, 0.717) is 11.1 Å². The highest BCUT2D eigenvalue weighted by Crippen LogP contribution is 2.35. The SMILES string of the molecule is OC(CCCl)(c1ccccc1)c1ccc(C(F)(F)F)cc1. The largest absolute Gasteiger partial charge is 0.416 e. The predicted molar refractivity (Wildman–Crippen MR) is 76.2 cm³/mol. The van der Waals surface area contributed by atoms with Crippen molar-refractivity contribution in [1.82, 2.24) is 0 Å². The number of halogens is 4. The van der Waals surface area contributed by atoms with Crippen LogP contribution in [-0.4, -0.2) is 11.0 Å². The summed E-state index contributed by atoms with van der Waals surface area (Å²) in [6, 6.07) is 13.3. The Hall–Kier alpha value is -1.52. The average molecular weight is 315 g/mol. The van der Waals surface area contributed by atoms with Crippen molar-refractivity contribution in [3.05, 3.63) is 71.3 Å². The predicted octanol–water partition coefficient (Wildman–Crippen LogP) is 4.57. The van der Waals surface area contributed by atoms with Crippen LogP contribution in [0.3, 0.4) is 0 Å². The molecule has 0 spiro atoms. The number of hydrogen-bond acceptors (Lipinski definition) is 1. The van der Waals surface area contributed by atoms with Crippen LogP contribution in [0.15, 0.2) is 54.6 Å². The van der Waals surface area contributed by atoms with Gasteiger partial charge in [0.25, 0.3) is 0 Å². The third-order valence-corrected chi connectivity index (χ3v) is 3.59. The zero-order valence-electron chi connectivity index (χ0n) is 11.1. The number of alkyl halides is 4. The summed E-state index contributed by atoms with van der Waals surface area (Å²) in [4.78, 5) is 0. The van der Waals surface area contributed by atoms with Crippen LogP contribution in [0.25, 0.3) is 0 Å². The van der Waals surface area contributed by atoms with Gasteiger partial charge in [-0.05, 0) is 29.7 Å². The van der Waals surface area contributed by atoms with Gasteiger partial charge in [-0.3, -0.25) is 0 Å². The fourth-order valence-electron chi connectivity index (χ4n) is 2.24. The van der Waals surface area contributed by atoms with Crippen molar-refractivity contribution >= 4 is 11.6 Å². The molecule has 0 saturated heterocycles. The summed E-state index contributed by atoms with van der Waals surface area (Å²) in [6.45, 7) is 0. The quantitative estimate of drug-likeness (QED) is 0.820. The van der Waals surface area contributed by atoms with Crippen LogP contribution < -0.4 is 0 Å². The van der Waals surface area contributed by atoms with Crippen molar-refractivity contribution in [3.8, 4) is 0 Å². The van der Waals surface area contributed by atoms with Gasteiger partial charge < -0.3 is 5.11 Å². The molecule has 0 fully saturated rings. The molecule has 0 heterocycles. The summed E-state index contributed by atoms with van der Waals surface area (Å²) < 4.78 is 37.8. The minimum absolute atomic E-state index is 0.187. The Kier molecular flexibility index (Phi) is 4.59. The van der Waals surface area contributed by atoms with E-state index in [1.807, 2.05) is 0 Å². The Morgan fingerprint density at radius 2 is 1.29 bits per heavy atom. The van der Waals surface area contributed by atoms with E-state index in [4.69, 9.17) is 11.6 Å². The fourth-order valence-corrected chi connectivity index (χ4v) is 2.51. The minimum atomic E-state index is -4.39. The third-order valence-electron chi connectivity index (χ3n) is 3.40. The van der Waals surface area contributed by atoms with E-state index in [1.165, 1.54) is 12.1 Å². The van der Waals surface area contributed by atoms with Gasteiger partial charge in [0.05, 0.1) is 5.56 Å². The highest BCUT2D eigenvalue weighted by atomic mass is 35.5. The van der Waals surface area contributed by atoms with Crippen LogP contribution in [0.5, 0.6) is 0 Å². The average Bonchev–Trinajstić information content (AvgIpc) is 2.47. The minimum Gasteiger partial charge on any atom is -0.380 e. The molecule has 21 heavy (non-hydrogen) atoms. The molecule has 0 radical (unpaired) electrons. The molecule has 2 aromatic rings. The summed E-state index contributed by atoms with van der Waals surface area (Å²) >= 11 is 5.75. The van der Waals surface area contributed by atoms with E-state index >= 15 is 0 Å². The fraction of sp³-hybridized carbons (Fsp3) is 0.250. The second-order valence-electron chi connectivity index (χ2n) is 4.74. The molecule has 0 aliphatic heterocycles. The standard InChI is InChI=1S/C16H14ClF3O/c17-11-10-15(21,12-4-2-1-3-5-12)13-6-8-14(9-7-13)16(18,19)20/h1-9,21H,10-11H2. The summed E-state index contributed by atoms with van der Waals surface area (Å²) in [6.07, 6.45) is -4.18. The van der Waals surface area contributed by atoms with Crippen molar-refractivity contribution in [2.24, 2.45) is 0 Å². The summed E-state index contributed by atoms with van der Waals surface area (Å²) in [7, 11) is 0. The lowest BCUT2D eigenvalue weighted by Crippen LogP contribution is -2.28. The molecule has 0 aromatic heterocycles. The van der Waals surface area contributed by atoms with Gasteiger partial charge in [0, 0.05) is 5.88 Å². The maximum Gasteiger partial charge on any atom is 0.416 e. The van der Waals surface area contributed by atoms with Gasteiger partial charge in [-0.2, -0.15) is 13.2 Å². The van der Waals surface area contributed by atoms with E-state index in [1.54, 1.807) is 30.3 Å². The molecular formula is C16H14ClF3O. The lowest BCUT2D eigenvalue weighted by Gasteiger charge is -2.29. The van der Waals surface area contributed by atoms with Gasteiger partial charge in [-0.25, -0.2) is 0 Å². The van der Waals surface area contributed by atoms with Gasteiger partial charge in [0.1, 0.15) is 5.60 Å². The van der Waals surface area contributed by atoms with Crippen LogP contribution >= 0.6 is 11.6 Å². The molecular weight excluding hydrogens is 301 g/mol. The summed E-state index contributed by atoms with van der Waals surface area (Å²) in [5.74, 6) is 0.187. The first kappa shape index (κ1) is 15.9. The van der Waals surface area contributed by atoms with Gasteiger partial charge in [0.2, 0.25) is 0 Å². The maximum atomic E-state index is 12.6. The molecule has 1 unspecified atom stereocenters. The van der Waals surface area contributed by atoms with E-state index in [2.05, 4.69) is 0 Å². The molecule has 0 saturated carbocycles. The number of aliphatic hydroxyl groups is 1. The molecule has 0 bridgehead atoms. The Morgan fingerprint density at radius 3 is 1.76 bits per heavy atom. The first-order valence-electron chi connectivity index (χ1n) is 6.39. The maximum absolute atomic E-state index is 12.6. The van der Waals surface area contributed by atoms with Crippen molar-refractivity contribution in [1.29, 1.82) is 0 Å². The Balaban J connectivity index is 2.44. The van der Waals surface area contributed by atoms with Gasteiger partial charge in [-0.15, -0.1) is 11.6 Å². The smallest absolute Gasteiger partial charge is 0.380 e. The molecule has 0 amide bonds. The third kappa shape index (κ3) is 3.39. The van der Waals surface area contributed by atoms with Crippen LogP contribution in [0.1, 0.15) is 23.1 Å². The van der Waals surface area contributed by atoms with Crippen molar-refractivity contribution in [2.75, 3.05) is 5.88 Å². The monoisotopic (exact) mass is 314 g/mol. The first-order chi connectivity index (χ1) is 9.88. The van der Waals surface area contributed by atoms with Crippen LogP contribution in [0.2, 0.25) is 0 Å². The van der Waals surface area contributed by atoms with Gasteiger partial charge >= 0.3 is 6.18 Å². The summed E-state index contributed by atoms with van der Waals surface area (Å²) in [5.41, 5.74) is -1.15. The molecule has 1 atom stereocenters. The van der Waals surface area contributed by atoms with Crippen molar-refractivity contribution in [2.45, 2.75) is 18.2 Å². The first-order valence-corrected chi connectivity index (χ1v) is 6.93. The van der Waals surface area contributed by atoms with E-state index in [9.17, 15) is 18.3 Å². The van der Waals surface area contributed by atoms with E-state index in [0.717, 1.165) is 12.1 Å². The Labute approximate surface area is 126 Å². The molecule has 2 aromatic carbocycles. The molecule has 112 valence electrons. The summed E-state index contributed by atoms with van der Waals surface area (Å²) in [5, 5.41) is 10.9. The van der Waals surface area contributed by atoms with E-state index < -0.39 is 17.3 Å². The zero-order chi connectivity index (χ0) is 15.5. The topological polar surface area (TPSA) is 20.2 Å². The van der Waals surface area contributed by atoms with Crippen LogP contribution in [0.4, 0.5) is 13.2 Å². The van der Waals surface area contributed by atoms with Gasteiger partial charge in [-0.1, -0.05) is 42.5 Å². The lowest BCUT2D eigenvalue weighted by atomic mass is 9.84. The van der Waals surface area contributed by atoms with Crippen LogP contribution in [-0.2, 0) is 11.8 Å². The highest BCUT2D eigenvalue weighted by Gasteiger charge is 2.33. The molecule has 1 N–H and O–H groups in total. The molecule has 5 heteroatoms. The molecule has 0 aliphatic carbocycles. The Morgan fingerprint density at radius 1 is 0.810 bits per heavy atom. The van der Waals surface area contributed by atoms with Crippen LogP contribution in [0, 0.1) is 0 Å². The second-order valence-corrected chi connectivity index (χ2v) is 5.12. The van der Waals surface area contributed by atoms with Crippen molar-refractivity contribution < 1.29 is 18.3 Å². The number of benzene rings is 2. The van der Waals surface area contributed by atoms with Gasteiger partial charge in [0.15, 0.2) is 0 Å². The number of hydrogen-bond donors (Lipinski definition) is 1. The second kappa shape index (κ2) is 6.08. The molecule has 1 nitrogen and oxygen atoms in total. The Bertz CT molecular complexity index is 581. The van der Waals surface area contributed by atoms with Crippen molar-refractivity contribution in [3.63, 3.8) is 0 Å². The van der Waals surface area contributed by atoms with E-state index in [-0.39, 0.29) is 12.3 Å². The highest BCUT2D eigenvalue weighted by molar-refractivity contribution is 6.17. The normalized spacial score (nSPS) is 14.7. The zero-order valence-corrected chi connectivity index (χ0v) is 11.8. The number of rotatable bonds is 4. The molecule has 0 aliphatic rings. The lowest BCUT2D eigenvalue weighted by molar-refractivity contribution is -0.137.